The number of halogens is 1. The molecular weight excluding hydrogens is 350 g/mol. The molecule has 3 aromatic rings. The van der Waals surface area contributed by atoms with E-state index in [1.54, 1.807) is 36.4 Å². The Kier molecular flexibility index (Phi) is 5.61. The van der Waals surface area contributed by atoms with Crippen LogP contribution in [0.1, 0.15) is 26.5 Å². The zero-order chi connectivity index (χ0) is 18.4. The highest BCUT2D eigenvalue weighted by atomic mass is 35.5. The smallest absolute Gasteiger partial charge is 0.274 e. The lowest BCUT2D eigenvalue weighted by Crippen LogP contribution is -2.25. The third-order valence-electron chi connectivity index (χ3n) is 3.64. The molecular formula is C20H16ClN3O2. The molecule has 2 amide bonds. The summed E-state index contributed by atoms with van der Waals surface area (Å²) in [5.41, 5.74) is 1.80. The molecule has 0 saturated heterocycles. The number of rotatable bonds is 5. The fraction of sp³-hybridized carbons (Fsp3) is 0.0500. The minimum Gasteiger partial charge on any atom is -0.347 e. The molecule has 0 spiro atoms. The Morgan fingerprint density at radius 3 is 2.19 bits per heavy atom. The number of carbonyl (C=O) groups excluding carboxylic acids is 2. The van der Waals surface area contributed by atoms with Crippen LogP contribution in [0.25, 0.3) is 0 Å². The molecule has 0 bridgehead atoms. The van der Waals surface area contributed by atoms with Gasteiger partial charge < -0.3 is 10.6 Å². The van der Waals surface area contributed by atoms with Gasteiger partial charge in [-0.25, -0.2) is 4.98 Å². The zero-order valence-corrected chi connectivity index (χ0v) is 14.5. The van der Waals surface area contributed by atoms with Gasteiger partial charge in [0, 0.05) is 17.3 Å². The van der Waals surface area contributed by atoms with Crippen molar-refractivity contribution in [3.05, 3.63) is 94.8 Å². The number of aromatic nitrogens is 1. The first kappa shape index (κ1) is 17.6. The van der Waals surface area contributed by atoms with E-state index in [1.807, 2.05) is 36.4 Å². The second kappa shape index (κ2) is 8.27. The maximum Gasteiger partial charge on any atom is 0.274 e. The molecule has 6 heteroatoms. The number of nitrogens with zero attached hydrogens (tertiary/aromatic N) is 1. The molecule has 0 aliphatic rings. The summed E-state index contributed by atoms with van der Waals surface area (Å²) in [7, 11) is 0. The van der Waals surface area contributed by atoms with Crippen molar-refractivity contribution in [2.24, 2.45) is 0 Å². The number of amides is 2. The topological polar surface area (TPSA) is 71.1 Å². The van der Waals surface area contributed by atoms with Crippen molar-refractivity contribution < 1.29 is 9.59 Å². The fourth-order valence-electron chi connectivity index (χ4n) is 2.31. The van der Waals surface area contributed by atoms with Gasteiger partial charge in [0.05, 0.1) is 0 Å². The molecule has 5 nitrogen and oxygen atoms in total. The van der Waals surface area contributed by atoms with Crippen LogP contribution in [0.15, 0.2) is 72.8 Å². The molecule has 2 aromatic carbocycles. The van der Waals surface area contributed by atoms with Crippen molar-refractivity contribution in [3.63, 3.8) is 0 Å². The Hall–Kier alpha value is -3.18. The number of hydrogen-bond donors (Lipinski definition) is 2. The van der Waals surface area contributed by atoms with Gasteiger partial charge in [0.25, 0.3) is 11.8 Å². The SMILES string of the molecule is O=C(NCc1ccccc1Cl)c1cccc(C(=O)Nc2ccccc2)n1. The highest BCUT2D eigenvalue weighted by Crippen LogP contribution is 2.14. The third-order valence-corrected chi connectivity index (χ3v) is 4.01. The second-order valence-electron chi connectivity index (χ2n) is 5.50. The van der Waals surface area contributed by atoms with Gasteiger partial charge >= 0.3 is 0 Å². The van der Waals surface area contributed by atoms with Crippen LogP contribution in [0.2, 0.25) is 5.02 Å². The van der Waals surface area contributed by atoms with Gasteiger partial charge in [-0.05, 0) is 35.9 Å². The van der Waals surface area contributed by atoms with Gasteiger partial charge in [0.2, 0.25) is 0 Å². The predicted molar refractivity (Wildman–Crippen MR) is 101 cm³/mol. The normalized spacial score (nSPS) is 10.2. The van der Waals surface area contributed by atoms with Crippen LogP contribution in [0, 0.1) is 0 Å². The predicted octanol–water partition coefficient (Wildman–Crippen LogP) is 3.92. The summed E-state index contributed by atoms with van der Waals surface area (Å²) in [6.45, 7) is 0.278. The summed E-state index contributed by atoms with van der Waals surface area (Å²) in [5, 5.41) is 6.07. The number of anilines is 1. The molecule has 1 heterocycles. The molecule has 0 atom stereocenters. The first-order chi connectivity index (χ1) is 12.6. The van der Waals surface area contributed by atoms with E-state index in [1.165, 1.54) is 0 Å². The average Bonchev–Trinajstić information content (AvgIpc) is 2.68. The van der Waals surface area contributed by atoms with Crippen LogP contribution in [-0.2, 0) is 6.54 Å². The van der Waals surface area contributed by atoms with Crippen LogP contribution in [0.4, 0.5) is 5.69 Å². The van der Waals surface area contributed by atoms with E-state index in [2.05, 4.69) is 15.6 Å². The summed E-state index contributed by atoms with van der Waals surface area (Å²) < 4.78 is 0. The number of carbonyl (C=O) groups is 2. The Morgan fingerprint density at radius 2 is 1.46 bits per heavy atom. The highest BCUT2D eigenvalue weighted by Gasteiger charge is 2.13. The monoisotopic (exact) mass is 365 g/mol. The Morgan fingerprint density at radius 1 is 0.808 bits per heavy atom. The summed E-state index contributed by atoms with van der Waals surface area (Å²) in [6, 6.07) is 21.1. The maximum atomic E-state index is 12.3. The standard InChI is InChI=1S/C20H16ClN3O2/c21-16-10-5-4-7-14(16)13-22-19(25)17-11-6-12-18(24-17)20(26)23-15-8-2-1-3-9-15/h1-12H,13H2,(H,22,25)(H,23,26). The van der Waals surface area contributed by atoms with Crippen molar-refractivity contribution >= 4 is 29.1 Å². The number of hydrogen-bond acceptors (Lipinski definition) is 3. The summed E-state index contributed by atoms with van der Waals surface area (Å²) in [4.78, 5) is 28.8. The molecule has 2 N–H and O–H groups in total. The number of benzene rings is 2. The van der Waals surface area contributed by atoms with Crippen molar-refractivity contribution in [2.45, 2.75) is 6.54 Å². The van der Waals surface area contributed by atoms with Gasteiger partial charge in [0.15, 0.2) is 0 Å². The molecule has 0 radical (unpaired) electrons. The average molecular weight is 366 g/mol. The van der Waals surface area contributed by atoms with Crippen molar-refractivity contribution in [3.8, 4) is 0 Å². The molecule has 130 valence electrons. The molecule has 0 aliphatic heterocycles. The lowest BCUT2D eigenvalue weighted by Gasteiger charge is -2.08. The van der Waals surface area contributed by atoms with E-state index >= 15 is 0 Å². The van der Waals surface area contributed by atoms with E-state index in [4.69, 9.17) is 11.6 Å². The van der Waals surface area contributed by atoms with Crippen molar-refractivity contribution in [1.82, 2.24) is 10.3 Å². The van der Waals surface area contributed by atoms with Crippen LogP contribution in [-0.4, -0.2) is 16.8 Å². The summed E-state index contributed by atoms with van der Waals surface area (Å²) in [5.74, 6) is -0.753. The fourth-order valence-corrected chi connectivity index (χ4v) is 2.51. The summed E-state index contributed by atoms with van der Waals surface area (Å²) >= 11 is 6.08. The highest BCUT2D eigenvalue weighted by molar-refractivity contribution is 6.31. The lowest BCUT2D eigenvalue weighted by molar-refractivity contribution is 0.0945. The number of para-hydroxylation sites is 1. The van der Waals surface area contributed by atoms with Crippen LogP contribution in [0.5, 0.6) is 0 Å². The van der Waals surface area contributed by atoms with Gasteiger partial charge in [-0.1, -0.05) is 54.1 Å². The number of pyridine rings is 1. The first-order valence-corrected chi connectivity index (χ1v) is 8.36. The molecule has 0 unspecified atom stereocenters. The van der Waals surface area contributed by atoms with E-state index < -0.39 is 0 Å². The first-order valence-electron chi connectivity index (χ1n) is 7.98. The molecule has 0 aliphatic carbocycles. The Labute approximate surface area is 156 Å². The number of nitrogens with one attached hydrogen (secondary N) is 2. The van der Waals surface area contributed by atoms with Gasteiger partial charge in [-0.2, -0.15) is 0 Å². The van der Waals surface area contributed by atoms with Crippen LogP contribution < -0.4 is 10.6 Å². The van der Waals surface area contributed by atoms with Crippen LogP contribution >= 0.6 is 11.6 Å². The molecule has 0 saturated carbocycles. The summed E-state index contributed by atoms with van der Waals surface area (Å²) in [6.07, 6.45) is 0. The molecule has 3 rings (SSSR count). The van der Waals surface area contributed by atoms with Crippen molar-refractivity contribution in [1.29, 1.82) is 0 Å². The third kappa shape index (κ3) is 4.46. The van der Waals surface area contributed by atoms with E-state index in [9.17, 15) is 9.59 Å². The van der Waals surface area contributed by atoms with E-state index in [0.29, 0.717) is 10.7 Å². The zero-order valence-electron chi connectivity index (χ0n) is 13.8. The maximum absolute atomic E-state index is 12.3. The molecule has 0 fully saturated rings. The minimum atomic E-state index is -0.378. The Balaban J connectivity index is 1.67. The second-order valence-corrected chi connectivity index (χ2v) is 5.91. The lowest BCUT2D eigenvalue weighted by atomic mass is 10.2. The van der Waals surface area contributed by atoms with E-state index in [-0.39, 0.29) is 29.7 Å². The van der Waals surface area contributed by atoms with Gasteiger partial charge in [-0.3, -0.25) is 9.59 Å². The van der Waals surface area contributed by atoms with E-state index in [0.717, 1.165) is 5.56 Å². The molecule has 26 heavy (non-hydrogen) atoms. The minimum absolute atomic E-state index is 0.165. The molecule has 1 aromatic heterocycles. The quantitative estimate of drug-likeness (QED) is 0.720. The van der Waals surface area contributed by atoms with Gasteiger partial charge in [-0.15, -0.1) is 0 Å². The Bertz CT molecular complexity index is 929. The van der Waals surface area contributed by atoms with Crippen molar-refractivity contribution in [2.75, 3.05) is 5.32 Å². The largest absolute Gasteiger partial charge is 0.347 e. The van der Waals surface area contributed by atoms with Crippen LogP contribution in [0.3, 0.4) is 0 Å². The van der Waals surface area contributed by atoms with Gasteiger partial charge in [0.1, 0.15) is 11.4 Å².